The van der Waals surface area contributed by atoms with Crippen LogP contribution in [0.5, 0.6) is 0 Å². The lowest BCUT2D eigenvalue weighted by Gasteiger charge is -2.09. The second kappa shape index (κ2) is 7.29. The smallest absolute Gasteiger partial charge is 0.224 e. The van der Waals surface area contributed by atoms with Crippen LogP contribution in [-0.2, 0) is 13.2 Å². The lowest BCUT2D eigenvalue weighted by Crippen LogP contribution is -2.04. The molecule has 0 bridgehead atoms. The van der Waals surface area contributed by atoms with E-state index < -0.39 is 0 Å². The van der Waals surface area contributed by atoms with Crippen LogP contribution >= 0.6 is 0 Å². The standard InChI is InChI=1S/C22H20N6O/c29-13-18-11-16-10-17(2-4-20(16)26-18)27-21-6-8-24-22(28-21)25-12-14-1-3-19-15(9-14)5-7-23-19/h1-11,23,26,29H,12-13H2,(H2,24,25,27,28). The van der Waals surface area contributed by atoms with Crippen LogP contribution in [0.3, 0.4) is 0 Å². The Morgan fingerprint density at radius 2 is 1.86 bits per heavy atom. The van der Waals surface area contributed by atoms with Crippen molar-refractivity contribution in [3.63, 3.8) is 0 Å². The van der Waals surface area contributed by atoms with Gasteiger partial charge in [0.25, 0.3) is 0 Å². The molecule has 144 valence electrons. The third-order valence-corrected chi connectivity index (χ3v) is 4.84. The maximum Gasteiger partial charge on any atom is 0.224 e. The highest BCUT2D eigenvalue weighted by Gasteiger charge is 2.04. The minimum atomic E-state index is -0.00456. The van der Waals surface area contributed by atoms with Crippen molar-refractivity contribution in [1.82, 2.24) is 19.9 Å². The van der Waals surface area contributed by atoms with Crippen LogP contribution < -0.4 is 10.6 Å². The molecule has 0 spiro atoms. The minimum Gasteiger partial charge on any atom is -0.390 e. The second-order valence-corrected chi connectivity index (χ2v) is 6.90. The molecule has 0 atom stereocenters. The minimum absolute atomic E-state index is 0.00456. The van der Waals surface area contributed by atoms with Gasteiger partial charge in [0.05, 0.1) is 6.61 Å². The van der Waals surface area contributed by atoms with Gasteiger partial charge >= 0.3 is 0 Å². The zero-order valence-corrected chi connectivity index (χ0v) is 15.6. The van der Waals surface area contributed by atoms with E-state index in [9.17, 15) is 5.11 Å². The Morgan fingerprint density at radius 1 is 0.931 bits per heavy atom. The number of fused-ring (bicyclic) bond motifs is 2. The average Bonchev–Trinajstić information content (AvgIpc) is 3.38. The molecule has 5 rings (SSSR count). The van der Waals surface area contributed by atoms with Crippen molar-refractivity contribution in [1.29, 1.82) is 0 Å². The van der Waals surface area contributed by atoms with Crippen molar-refractivity contribution in [3.8, 4) is 0 Å². The highest BCUT2D eigenvalue weighted by Crippen LogP contribution is 2.23. The number of anilines is 3. The molecule has 0 radical (unpaired) electrons. The first kappa shape index (κ1) is 17.3. The number of aromatic nitrogens is 4. The first-order valence-corrected chi connectivity index (χ1v) is 9.39. The molecule has 0 aliphatic carbocycles. The van der Waals surface area contributed by atoms with Gasteiger partial charge in [-0.05, 0) is 59.5 Å². The molecular formula is C22H20N6O. The number of aliphatic hydroxyl groups is 1. The Labute approximate surface area is 166 Å². The van der Waals surface area contributed by atoms with Crippen molar-refractivity contribution < 1.29 is 5.11 Å². The molecule has 0 fully saturated rings. The summed E-state index contributed by atoms with van der Waals surface area (Å²) in [5.41, 5.74) is 4.99. The van der Waals surface area contributed by atoms with Crippen LogP contribution in [0.4, 0.5) is 17.5 Å². The second-order valence-electron chi connectivity index (χ2n) is 6.90. The summed E-state index contributed by atoms with van der Waals surface area (Å²) < 4.78 is 0. The largest absolute Gasteiger partial charge is 0.390 e. The number of H-pyrrole nitrogens is 2. The molecule has 2 aromatic carbocycles. The third-order valence-electron chi connectivity index (χ3n) is 4.84. The Bertz CT molecular complexity index is 1290. The van der Waals surface area contributed by atoms with Crippen LogP contribution in [0, 0.1) is 0 Å². The number of nitrogens with zero attached hydrogens (tertiary/aromatic N) is 2. The van der Waals surface area contributed by atoms with E-state index in [1.165, 1.54) is 5.39 Å². The highest BCUT2D eigenvalue weighted by atomic mass is 16.3. The summed E-state index contributed by atoms with van der Waals surface area (Å²) in [5, 5.41) is 18.1. The predicted octanol–water partition coefficient (Wildman–Crippen LogP) is 4.29. The molecule has 0 amide bonds. The molecule has 5 N–H and O–H groups in total. The number of benzene rings is 2. The van der Waals surface area contributed by atoms with E-state index in [0.29, 0.717) is 18.3 Å². The molecule has 0 aliphatic rings. The van der Waals surface area contributed by atoms with Gasteiger partial charge < -0.3 is 25.7 Å². The molecule has 0 saturated carbocycles. The molecule has 3 heterocycles. The molecule has 7 heteroatoms. The van der Waals surface area contributed by atoms with Gasteiger partial charge in [0.2, 0.25) is 5.95 Å². The van der Waals surface area contributed by atoms with Crippen molar-refractivity contribution in [3.05, 3.63) is 78.2 Å². The summed E-state index contributed by atoms with van der Waals surface area (Å²) in [6.07, 6.45) is 3.67. The lowest BCUT2D eigenvalue weighted by molar-refractivity contribution is 0.278. The van der Waals surface area contributed by atoms with Gasteiger partial charge in [-0.25, -0.2) is 4.98 Å². The number of nitrogens with one attached hydrogen (secondary N) is 4. The molecule has 5 aromatic rings. The van der Waals surface area contributed by atoms with Crippen molar-refractivity contribution in [2.75, 3.05) is 10.6 Å². The fourth-order valence-corrected chi connectivity index (χ4v) is 3.41. The number of hydrogen-bond acceptors (Lipinski definition) is 5. The van der Waals surface area contributed by atoms with E-state index in [1.807, 2.05) is 36.5 Å². The summed E-state index contributed by atoms with van der Waals surface area (Å²) in [6, 6.07) is 18.1. The van der Waals surface area contributed by atoms with Crippen LogP contribution in [0.2, 0.25) is 0 Å². The molecular weight excluding hydrogens is 364 g/mol. The Kier molecular flexibility index (Phi) is 4.34. The van der Waals surface area contributed by atoms with Crippen LogP contribution in [0.25, 0.3) is 21.8 Å². The van der Waals surface area contributed by atoms with E-state index >= 15 is 0 Å². The molecule has 0 saturated heterocycles. The van der Waals surface area contributed by atoms with Crippen molar-refractivity contribution >= 4 is 39.3 Å². The first-order valence-electron chi connectivity index (χ1n) is 9.39. The summed E-state index contributed by atoms with van der Waals surface area (Å²) in [4.78, 5) is 15.2. The first-order chi connectivity index (χ1) is 14.3. The SMILES string of the molecule is OCc1cc2cc(Nc3ccnc(NCc4ccc5[nH]ccc5c4)n3)ccc2[nH]1. The van der Waals surface area contributed by atoms with E-state index in [1.54, 1.807) is 6.20 Å². The molecule has 3 aromatic heterocycles. The van der Waals surface area contributed by atoms with Gasteiger partial charge in [-0.2, -0.15) is 4.98 Å². The normalized spacial score (nSPS) is 11.2. The lowest BCUT2D eigenvalue weighted by atomic mass is 10.1. The molecule has 0 aliphatic heterocycles. The van der Waals surface area contributed by atoms with Gasteiger partial charge in [-0.1, -0.05) is 6.07 Å². The van der Waals surface area contributed by atoms with Crippen LogP contribution in [0.1, 0.15) is 11.3 Å². The predicted molar refractivity (Wildman–Crippen MR) is 115 cm³/mol. The van der Waals surface area contributed by atoms with Gasteiger partial charge in [0.15, 0.2) is 0 Å². The maximum atomic E-state index is 9.28. The Balaban J connectivity index is 1.30. The number of aromatic amines is 2. The molecule has 7 nitrogen and oxygen atoms in total. The molecule has 29 heavy (non-hydrogen) atoms. The average molecular weight is 384 g/mol. The maximum absolute atomic E-state index is 9.28. The molecule has 0 unspecified atom stereocenters. The van der Waals surface area contributed by atoms with Gasteiger partial charge in [-0.15, -0.1) is 0 Å². The van der Waals surface area contributed by atoms with Gasteiger partial charge in [0, 0.05) is 46.7 Å². The van der Waals surface area contributed by atoms with Crippen LogP contribution in [-0.4, -0.2) is 25.0 Å². The summed E-state index contributed by atoms with van der Waals surface area (Å²) in [6.45, 7) is 0.638. The Morgan fingerprint density at radius 3 is 2.79 bits per heavy atom. The number of rotatable bonds is 6. The summed E-state index contributed by atoms with van der Waals surface area (Å²) >= 11 is 0. The van der Waals surface area contributed by atoms with Gasteiger partial charge in [-0.3, -0.25) is 0 Å². The monoisotopic (exact) mass is 384 g/mol. The van der Waals surface area contributed by atoms with E-state index in [4.69, 9.17) is 0 Å². The highest BCUT2D eigenvalue weighted by molar-refractivity contribution is 5.84. The zero-order chi connectivity index (χ0) is 19.6. The summed E-state index contributed by atoms with van der Waals surface area (Å²) in [5.74, 6) is 1.27. The fraction of sp³-hybridized carbons (Fsp3) is 0.0909. The van der Waals surface area contributed by atoms with E-state index in [2.05, 4.69) is 54.8 Å². The third kappa shape index (κ3) is 3.63. The topological polar surface area (TPSA) is 102 Å². The van der Waals surface area contributed by atoms with Crippen molar-refractivity contribution in [2.24, 2.45) is 0 Å². The number of hydrogen-bond donors (Lipinski definition) is 5. The summed E-state index contributed by atoms with van der Waals surface area (Å²) in [7, 11) is 0. The number of aliphatic hydroxyl groups excluding tert-OH is 1. The quantitative estimate of drug-likeness (QED) is 0.301. The van der Waals surface area contributed by atoms with Crippen molar-refractivity contribution in [2.45, 2.75) is 13.2 Å². The van der Waals surface area contributed by atoms with Crippen LogP contribution in [0.15, 0.2) is 67.0 Å². The fourth-order valence-electron chi connectivity index (χ4n) is 3.41. The van der Waals surface area contributed by atoms with E-state index in [-0.39, 0.29) is 6.61 Å². The van der Waals surface area contributed by atoms with Gasteiger partial charge in [0.1, 0.15) is 5.82 Å². The van der Waals surface area contributed by atoms with E-state index in [0.717, 1.165) is 33.4 Å². The zero-order valence-electron chi connectivity index (χ0n) is 15.6. The Hall–Kier alpha value is -3.84.